The standard InChI is InChI=1S/C22H18BrN5O/c1-28(14-20(29)25-19-11-5-3-9-17(19)23)22-16-8-2-4-10-18(16)26-21(27-22)15-7-6-12-24-13-15/h2-13H,14H2,1H3,(H,25,29). The van der Waals surface area contributed by atoms with Crippen LogP contribution in [0.1, 0.15) is 0 Å². The van der Waals surface area contributed by atoms with Crippen LogP contribution in [0, 0.1) is 0 Å². The van der Waals surface area contributed by atoms with Crippen LogP contribution in [0.2, 0.25) is 0 Å². The highest BCUT2D eigenvalue weighted by molar-refractivity contribution is 9.10. The molecule has 0 atom stereocenters. The fourth-order valence-electron chi connectivity index (χ4n) is 3.02. The van der Waals surface area contributed by atoms with Crippen molar-refractivity contribution in [3.63, 3.8) is 0 Å². The van der Waals surface area contributed by atoms with E-state index in [2.05, 4.69) is 31.2 Å². The number of para-hydroxylation sites is 2. The third-order valence-corrected chi connectivity index (χ3v) is 5.08. The number of benzene rings is 2. The van der Waals surface area contributed by atoms with Crippen LogP contribution in [0.15, 0.2) is 77.5 Å². The number of nitrogens with zero attached hydrogens (tertiary/aromatic N) is 4. The predicted octanol–water partition coefficient (Wildman–Crippen LogP) is 4.53. The molecule has 4 rings (SSSR count). The van der Waals surface area contributed by atoms with Gasteiger partial charge in [0, 0.05) is 34.9 Å². The van der Waals surface area contributed by atoms with Crippen LogP contribution in [0.5, 0.6) is 0 Å². The van der Waals surface area contributed by atoms with Gasteiger partial charge in [-0.15, -0.1) is 0 Å². The van der Waals surface area contributed by atoms with Crippen molar-refractivity contribution in [3.05, 3.63) is 77.5 Å². The molecular formula is C22H18BrN5O. The minimum atomic E-state index is -0.134. The Labute approximate surface area is 176 Å². The first-order valence-corrected chi connectivity index (χ1v) is 9.84. The summed E-state index contributed by atoms with van der Waals surface area (Å²) in [6.45, 7) is 0.148. The average Bonchev–Trinajstić information content (AvgIpc) is 2.75. The van der Waals surface area contributed by atoms with Crippen molar-refractivity contribution < 1.29 is 4.79 Å². The molecule has 29 heavy (non-hydrogen) atoms. The van der Waals surface area contributed by atoms with Crippen molar-refractivity contribution in [1.29, 1.82) is 0 Å². The number of carbonyl (C=O) groups is 1. The predicted molar refractivity (Wildman–Crippen MR) is 119 cm³/mol. The van der Waals surface area contributed by atoms with Gasteiger partial charge in [0.05, 0.1) is 17.7 Å². The lowest BCUT2D eigenvalue weighted by Crippen LogP contribution is -2.31. The Bertz CT molecular complexity index is 1170. The van der Waals surface area contributed by atoms with E-state index in [1.54, 1.807) is 12.4 Å². The van der Waals surface area contributed by atoms with E-state index in [9.17, 15) is 4.79 Å². The van der Waals surface area contributed by atoms with Crippen LogP contribution >= 0.6 is 15.9 Å². The number of amides is 1. The molecule has 0 unspecified atom stereocenters. The van der Waals surface area contributed by atoms with E-state index in [0.717, 1.165) is 26.6 Å². The van der Waals surface area contributed by atoms with Crippen LogP contribution in [0.4, 0.5) is 11.5 Å². The lowest BCUT2D eigenvalue weighted by molar-refractivity contribution is -0.114. The highest BCUT2D eigenvalue weighted by atomic mass is 79.9. The molecule has 1 N–H and O–H groups in total. The average molecular weight is 448 g/mol. The van der Waals surface area contributed by atoms with Crippen molar-refractivity contribution in [2.24, 2.45) is 0 Å². The number of aromatic nitrogens is 3. The van der Waals surface area contributed by atoms with Crippen LogP contribution in [0.3, 0.4) is 0 Å². The summed E-state index contributed by atoms with van der Waals surface area (Å²) in [4.78, 5) is 28.0. The van der Waals surface area contributed by atoms with Gasteiger partial charge in [0.2, 0.25) is 5.91 Å². The number of rotatable bonds is 5. The van der Waals surface area contributed by atoms with Crippen molar-refractivity contribution in [3.8, 4) is 11.4 Å². The highest BCUT2D eigenvalue weighted by Crippen LogP contribution is 2.27. The number of hydrogen-bond donors (Lipinski definition) is 1. The summed E-state index contributed by atoms with van der Waals surface area (Å²) in [6, 6.07) is 19.1. The maximum absolute atomic E-state index is 12.6. The minimum Gasteiger partial charge on any atom is -0.350 e. The molecule has 0 fully saturated rings. The van der Waals surface area contributed by atoms with E-state index in [0.29, 0.717) is 11.6 Å². The fraction of sp³-hybridized carbons (Fsp3) is 0.0909. The summed E-state index contributed by atoms with van der Waals surface area (Å²) in [5, 5.41) is 3.81. The fourth-order valence-corrected chi connectivity index (χ4v) is 3.40. The third kappa shape index (κ3) is 4.25. The number of fused-ring (bicyclic) bond motifs is 1. The van der Waals surface area contributed by atoms with Gasteiger partial charge in [0.1, 0.15) is 5.82 Å². The van der Waals surface area contributed by atoms with Gasteiger partial charge in [-0.3, -0.25) is 9.78 Å². The zero-order valence-electron chi connectivity index (χ0n) is 15.7. The summed E-state index contributed by atoms with van der Waals surface area (Å²) in [6.07, 6.45) is 3.44. The Kier molecular flexibility index (Phi) is 5.48. The molecule has 6 nitrogen and oxygen atoms in total. The van der Waals surface area contributed by atoms with Gasteiger partial charge in [-0.05, 0) is 52.3 Å². The number of anilines is 2. The Hall–Kier alpha value is -3.32. The summed E-state index contributed by atoms with van der Waals surface area (Å²) in [7, 11) is 1.85. The first-order valence-electron chi connectivity index (χ1n) is 9.04. The molecule has 0 aliphatic heterocycles. The number of likely N-dealkylation sites (N-methyl/N-ethyl adjacent to an activating group) is 1. The topological polar surface area (TPSA) is 71.0 Å². The molecule has 0 saturated carbocycles. The van der Waals surface area contributed by atoms with E-state index < -0.39 is 0 Å². The monoisotopic (exact) mass is 447 g/mol. The maximum Gasteiger partial charge on any atom is 0.243 e. The third-order valence-electron chi connectivity index (χ3n) is 4.39. The molecule has 2 heterocycles. The molecule has 2 aromatic carbocycles. The molecule has 144 valence electrons. The van der Waals surface area contributed by atoms with E-state index >= 15 is 0 Å². The summed E-state index contributed by atoms with van der Waals surface area (Å²) >= 11 is 3.45. The molecule has 0 aliphatic rings. The van der Waals surface area contributed by atoms with Crippen molar-refractivity contribution in [2.75, 3.05) is 23.8 Å². The Morgan fingerprint density at radius 3 is 2.62 bits per heavy atom. The van der Waals surface area contributed by atoms with E-state index in [1.807, 2.05) is 72.6 Å². The molecular weight excluding hydrogens is 430 g/mol. The molecule has 0 spiro atoms. The lowest BCUT2D eigenvalue weighted by atomic mass is 10.2. The minimum absolute atomic E-state index is 0.134. The highest BCUT2D eigenvalue weighted by Gasteiger charge is 2.16. The molecule has 4 aromatic rings. The Morgan fingerprint density at radius 2 is 1.83 bits per heavy atom. The number of halogens is 1. The van der Waals surface area contributed by atoms with E-state index in [4.69, 9.17) is 4.98 Å². The van der Waals surface area contributed by atoms with Crippen molar-refractivity contribution in [1.82, 2.24) is 15.0 Å². The van der Waals surface area contributed by atoms with Gasteiger partial charge in [-0.25, -0.2) is 9.97 Å². The van der Waals surface area contributed by atoms with E-state index in [1.165, 1.54) is 0 Å². The molecule has 0 saturated heterocycles. The first-order chi connectivity index (χ1) is 14.1. The zero-order chi connectivity index (χ0) is 20.2. The molecule has 0 bridgehead atoms. The largest absolute Gasteiger partial charge is 0.350 e. The normalized spacial score (nSPS) is 10.7. The van der Waals surface area contributed by atoms with Crippen molar-refractivity contribution >= 4 is 44.2 Å². The second-order valence-corrected chi connectivity index (χ2v) is 7.37. The number of nitrogens with one attached hydrogen (secondary N) is 1. The number of hydrogen-bond acceptors (Lipinski definition) is 5. The second-order valence-electron chi connectivity index (χ2n) is 6.51. The Morgan fingerprint density at radius 1 is 1.03 bits per heavy atom. The van der Waals surface area contributed by atoms with Gasteiger partial charge in [0.25, 0.3) is 0 Å². The van der Waals surface area contributed by atoms with Gasteiger partial charge < -0.3 is 10.2 Å². The molecule has 2 aromatic heterocycles. The molecule has 0 radical (unpaired) electrons. The van der Waals surface area contributed by atoms with Crippen LogP contribution in [-0.4, -0.2) is 34.5 Å². The van der Waals surface area contributed by atoms with E-state index in [-0.39, 0.29) is 12.5 Å². The number of pyridine rings is 1. The second kappa shape index (κ2) is 8.36. The van der Waals surface area contributed by atoms with Gasteiger partial charge in [-0.1, -0.05) is 24.3 Å². The molecule has 7 heteroatoms. The van der Waals surface area contributed by atoms with Gasteiger partial charge in [-0.2, -0.15) is 0 Å². The van der Waals surface area contributed by atoms with Crippen LogP contribution in [-0.2, 0) is 4.79 Å². The van der Waals surface area contributed by atoms with Crippen LogP contribution < -0.4 is 10.2 Å². The lowest BCUT2D eigenvalue weighted by Gasteiger charge is -2.20. The SMILES string of the molecule is CN(CC(=O)Nc1ccccc1Br)c1nc(-c2cccnc2)nc2ccccc12. The molecule has 1 amide bonds. The zero-order valence-corrected chi connectivity index (χ0v) is 17.3. The van der Waals surface area contributed by atoms with Crippen molar-refractivity contribution in [2.45, 2.75) is 0 Å². The summed E-state index contributed by atoms with van der Waals surface area (Å²) in [5.74, 6) is 1.13. The van der Waals surface area contributed by atoms with Crippen LogP contribution in [0.25, 0.3) is 22.3 Å². The van der Waals surface area contributed by atoms with Gasteiger partial charge in [0.15, 0.2) is 5.82 Å². The smallest absolute Gasteiger partial charge is 0.243 e. The summed E-state index contributed by atoms with van der Waals surface area (Å²) in [5.41, 5.74) is 2.37. The Balaban J connectivity index is 1.65. The quantitative estimate of drug-likeness (QED) is 0.486. The maximum atomic E-state index is 12.6. The number of carbonyl (C=O) groups excluding carboxylic acids is 1. The van der Waals surface area contributed by atoms with Gasteiger partial charge >= 0.3 is 0 Å². The first kappa shape index (κ1) is 19.0. The summed E-state index contributed by atoms with van der Waals surface area (Å²) < 4.78 is 0.836. The molecule has 0 aliphatic carbocycles.